The molecule has 2 heteroatoms. The van der Waals surface area contributed by atoms with Crippen molar-refractivity contribution in [2.75, 3.05) is 20.6 Å². The van der Waals surface area contributed by atoms with Gasteiger partial charge in [-0.15, -0.1) is 0 Å². The molecule has 0 atom stereocenters. The van der Waals surface area contributed by atoms with Crippen molar-refractivity contribution in [1.29, 1.82) is 5.41 Å². The fraction of sp³-hybridized carbons (Fsp3) is 0.800. The molecule has 1 N–H and O–H groups in total. The minimum absolute atomic E-state index is 0.713. The zero-order valence-corrected chi connectivity index (χ0v) is 5.15. The van der Waals surface area contributed by atoms with Gasteiger partial charge in [0.15, 0.2) is 0 Å². The Morgan fingerprint density at radius 2 is 2.00 bits per heavy atom. The molecule has 0 spiro atoms. The van der Waals surface area contributed by atoms with Crippen molar-refractivity contribution in [3.05, 3.63) is 0 Å². The molecule has 0 radical (unpaired) electrons. The van der Waals surface area contributed by atoms with Gasteiger partial charge in [-0.05, 0) is 21.0 Å². The standard InChI is InChI=1S/C5H12N2/c1-5(6)4-7(2)3/h6H,4H2,1-3H3. The summed E-state index contributed by atoms with van der Waals surface area (Å²) in [6.07, 6.45) is 0. The predicted octanol–water partition coefficient (Wildman–Crippen LogP) is 0.588. The highest BCUT2D eigenvalue weighted by Gasteiger charge is 1.87. The molecule has 0 aromatic carbocycles. The maximum atomic E-state index is 6.98. The highest BCUT2D eigenvalue weighted by atomic mass is 15.1. The van der Waals surface area contributed by atoms with Gasteiger partial charge in [0.05, 0.1) is 0 Å². The Balaban J connectivity index is 3.13. The van der Waals surface area contributed by atoms with E-state index in [0.717, 1.165) is 6.54 Å². The topological polar surface area (TPSA) is 27.1 Å². The molecule has 0 aromatic rings. The second kappa shape index (κ2) is 2.75. The lowest BCUT2D eigenvalue weighted by Crippen LogP contribution is -2.18. The van der Waals surface area contributed by atoms with E-state index >= 15 is 0 Å². The van der Waals surface area contributed by atoms with Crippen LogP contribution in [0, 0.1) is 5.41 Å². The molecular formula is C5H12N2. The normalized spacial score (nSPS) is 9.71. The summed E-state index contributed by atoms with van der Waals surface area (Å²) in [5.41, 5.74) is 0.713. The van der Waals surface area contributed by atoms with Crippen LogP contribution >= 0.6 is 0 Å². The zero-order chi connectivity index (χ0) is 5.86. The molecule has 42 valence electrons. The molecule has 0 aromatic heterocycles. The molecule has 0 heterocycles. The Labute approximate surface area is 44.6 Å². The molecular weight excluding hydrogens is 88.1 g/mol. The van der Waals surface area contributed by atoms with Gasteiger partial charge >= 0.3 is 0 Å². The third-order valence-electron chi connectivity index (χ3n) is 0.553. The predicted molar refractivity (Wildman–Crippen MR) is 32.0 cm³/mol. The molecule has 0 aliphatic heterocycles. The van der Waals surface area contributed by atoms with E-state index in [0.29, 0.717) is 5.71 Å². The molecule has 0 unspecified atom stereocenters. The maximum Gasteiger partial charge on any atom is 0.0351 e. The Bertz CT molecular complexity index is 66.5. The molecule has 0 rings (SSSR count). The number of rotatable bonds is 2. The van der Waals surface area contributed by atoms with Crippen molar-refractivity contribution in [3.63, 3.8) is 0 Å². The second-order valence-corrected chi connectivity index (χ2v) is 2.02. The van der Waals surface area contributed by atoms with Crippen LogP contribution in [0.15, 0.2) is 0 Å². The number of hydrogen-bond donors (Lipinski definition) is 1. The number of nitrogens with one attached hydrogen (secondary N) is 1. The molecule has 2 nitrogen and oxygen atoms in total. The van der Waals surface area contributed by atoms with Crippen molar-refractivity contribution in [2.45, 2.75) is 6.92 Å². The first-order valence-electron chi connectivity index (χ1n) is 2.31. The zero-order valence-electron chi connectivity index (χ0n) is 5.15. The molecule has 7 heavy (non-hydrogen) atoms. The number of nitrogens with zero attached hydrogens (tertiary/aromatic N) is 1. The average molecular weight is 100 g/mol. The Hall–Kier alpha value is -0.370. The van der Waals surface area contributed by atoms with Gasteiger partial charge in [0, 0.05) is 12.3 Å². The Morgan fingerprint density at radius 1 is 1.57 bits per heavy atom. The van der Waals surface area contributed by atoms with Gasteiger partial charge in [0.1, 0.15) is 0 Å². The summed E-state index contributed by atoms with van der Waals surface area (Å²) in [4.78, 5) is 1.97. The van der Waals surface area contributed by atoms with Crippen molar-refractivity contribution in [3.8, 4) is 0 Å². The largest absolute Gasteiger partial charge is 0.309 e. The fourth-order valence-corrected chi connectivity index (χ4v) is 0.474. The molecule has 0 saturated carbocycles. The minimum Gasteiger partial charge on any atom is -0.309 e. The van der Waals surface area contributed by atoms with Gasteiger partial charge in [-0.1, -0.05) is 0 Å². The quantitative estimate of drug-likeness (QED) is 0.505. The highest BCUT2D eigenvalue weighted by molar-refractivity contribution is 5.80. The average Bonchev–Trinajstić information content (AvgIpc) is 1.27. The molecule has 0 amide bonds. The van der Waals surface area contributed by atoms with Crippen LogP contribution in [0.4, 0.5) is 0 Å². The van der Waals surface area contributed by atoms with E-state index in [1.165, 1.54) is 0 Å². The fourth-order valence-electron chi connectivity index (χ4n) is 0.474. The van der Waals surface area contributed by atoms with Gasteiger partial charge in [0.25, 0.3) is 0 Å². The second-order valence-electron chi connectivity index (χ2n) is 2.02. The third-order valence-corrected chi connectivity index (χ3v) is 0.553. The minimum atomic E-state index is 0.713. The summed E-state index contributed by atoms with van der Waals surface area (Å²) in [5, 5.41) is 6.98. The Kier molecular flexibility index (Phi) is 2.60. The summed E-state index contributed by atoms with van der Waals surface area (Å²) in [5.74, 6) is 0. The van der Waals surface area contributed by atoms with Gasteiger partial charge in [-0.25, -0.2) is 0 Å². The van der Waals surface area contributed by atoms with Gasteiger partial charge in [-0.2, -0.15) is 0 Å². The number of hydrogen-bond acceptors (Lipinski definition) is 2. The monoisotopic (exact) mass is 100 g/mol. The lowest BCUT2D eigenvalue weighted by Gasteiger charge is -2.05. The SMILES string of the molecule is CC(=N)CN(C)C. The summed E-state index contributed by atoms with van der Waals surface area (Å²) in [6, 6.07) is 0. The van der Waals surface area contributed by atoms with Crippen LogP contribution < -0.4 is 0 Å². The lowest BCUT2D eigenvalue weighted by molar-refractivity contribution is 0.468. The van der Waals surface area contributed by atoms with E-state index in [2.05, 4.69) is 0 Å². The maximum absolute atomic E-state index is 6.98. The van der Waals surface area contributed by atoms with Crippen LogP contribution in [0.1, 0.15) is 6.92 Å². The summed E-state index contributed by atoms with van der Waals surface area (Å²) >= 11 is 0. The molecule has 0 bridgehead atoms. The van der Waals surface area contributed by atoms with Gasteiger partial charge in [-0.3, -0.25) is 0 Å². The first-order chi connectivity index (χ1) is 3.13. The van der Waals surface area contributed by atoms with Gasteiger partial charge < -0.3 is 10.3 Å². The van der Waals surface area contributed by atoms with Crippen LogP contribution in [-0.2, 0) is 0 Å². The van der Waals surface area contributed by atoms with Crippen molar-refractivity contribution < 1.29 is 0 Å². The third kappa shape index (κ3) is 5.63. The van der Waals surface area contributed by atoms with Crippen LogP contribution in [-0.4, -0.2) is 31.3 Å². The smallest absolute Gasteiger partial charge is 0.0351 e. The van der Waals surface area contributed by atoms with E-state index in [4.69, 9.17) is 5.41 Å². The molecule has 0 aliphatic carbocycles. The van der Waals surface area contributed by atoms with E-state index in [1.54, 1.807) is 6.92 Å². The van der Waals surface area contributed by atoms with E-state index in [9.17, 15) is 0 Å². The molecule has 0 saturated heterocycles. The molecule has 0 fully saturated rings. The Morgan fingerprint density at radius 3 is 2.00 bits per heavy atom. The lowest BCUT2D eigenvalue weighted by atomic mass is 10.4. The summed E-state index contributed by atoms with van der Waals surface area (Å²) in [6.45, 7) is 2.58. The first-order valence-corrected chi connectivity index (χ1v) is 2.31. The van der Waals surface area contributed by atoms with E-state index < -0.39 is 0 Å². The van der Waals surface area contributed by atoms with Crippen LogP contribution in [0.3, 0.4) is 0 Å². The van der Waals surface area contributed by atoms with Crippen molar-refractivity contribution in [1.82, 2.24) is 4.90 Å². The highest BCUT2D eigenvalue weighted by Crippen LogP contribution is 1.73. The van der Waals surface area contributed by atoms with Crippen LogP contribution in [0.2, 0.25) is 0 Å². The van der Waals surface area contributed by atoms with Crippen LogP contribution in [0.5, 0.6) is 0 Å². The first kappa shape index (κ1) is 6.63. The van der Waals surface area contributed by atoms with Crippen LogP contribution in [0.25, 0.3) is 0 Å². The van der Waals surface area contributed by atoms with Gasteiger partial charge in [0.2, 0.25) is 0 Å². The summed E-state index contributed by atoms with van der Waals surface area (Å²) < 4.78 is 0. The van der Waals surface area contributed by atoms with E-state index in [-0.39, 0.29) is 0 Å². The van der Waals surface area contributed by atoms with Crippen molar-refractivity contribution in [2.24, 2.45) is 0 Å². The summed E-state index contributed by atoms with van der Waals surface area (Å²) in [7, 11) is 3.91. The van der Waals surface area contributed by atoms with Crippen molar-refractivity contribution >= 4 is 5.71 Å². The molecule has 0 aliphatic rings. The van der Waals surface area contributed by atoms with E-state index in [1.807, 2.05) is 19.0 Å².